The number of nitrogens with one attached hydrogen (secondary N) is 1. The number of carbonyl (C=O) groups excluding carboxylic acids is 1. The molecule has 1 aliphatic rings. The molecule has 8 heteroatoms. The molecular weight excluding hydrogens is 425 g/mol. The van der Waals surface area contributed by atoms with Crippen LogP contribution < -0.4 is 10.1 Å². The predicted octanol–water partition coefficient (Wildman–Crippen LogP) is 4.76. The minimum Gasteiger partial charge on any atom is -0.492 e. The molecule has 1 N–H and O–H groups in total. The van der Waals surface area contributed by atoms with Crippen LogP contribution in [0.1, 0.15) is 23.3 Å². The number of rotatable bonds is 5. The van der Waals surface area contributed by atoms with Gasteiger partial charge >= 0.3 is 0 Å². The van der Waals surface area contributed by atoms with Crippen molar-refractivity contribution in [3.8, 4) is 22.7 Å². The molecule has 30 heavy (non-hydrogen) atoms. The van der Waals surface area contributed by atoms with E-state index < -0.39 is 0 Å². The zero-order valence-electron chi connectivity index (χ0n) is 16.4. The second-order valence-electron chi connectivity index (χ2n) is 6.96. The first-order chi connectivity index (χ1) is 14.6. The third-order valence-corrected chi connectivity index (χ3v) is 5.59. The normalized spacial score (nSPS) is 14.5. The monoisotopic (exact) mass is 445 g/mol. The highest BCUT2D eigenvalue weighted by Crippen LogP contribution is 2.37. The lowest BCUT2D eigenvalue weighted by molar-refractivity contribution is 0.0692. The number of nitrogens with zero attached hydrogens (tertiary/aromatic N) is 2. The highest BCUT2D eigenvalue weighted by atomic mass is 35.5. The quantitative estimate of drug-likeness (QED) is 0.614. The molecule has 0 atom stereocenters. The standard InChI is InChI=1S/C22H21Cl2N3O3/c1-29-21-19(22(28)25-16-10-12-30-13-11-16)26-27(18-5-3-2-4-17(18)24)20(21)14-6-8-15(23)9-7-14/h2-9,16H,10-13H2,1H3,(H,25,28). The fourth-order valence-electron chi connectivity index (χ4n) is 3.50. The van der Waals surface area contributed by atoms with E-state index in [1.54, 1.807) is 22.9 Å². The molecule has 0 saturated carbocycles. The van der Waals surface area contributed by atoms with Gasteiger partial charge in [0.1, 0.15) is 5.69 Å². The maximum atomic E-state index is 13.1. The minimum absolute atomic E-state index is 0.0420. The van der Waals surface area contributed by atoms with Crippen molar-refractivity contribution >= 4 is 29.1 Å². The number of amides is 1. The van der Waals surface area contributed by atoms with Crippen LogP contribution in [-0.2, 0) is 4.74 Å². The highest BCUT2D eigenvalue weighted by molar-refractivity contribution is 6.32. The van der Waals surface area contributed by atoms with Crippen LogP contribution in [-0.4, -0.2) is 42.1 Å². The van der Waals surface area contributed by atoms with Crippen molar-refractivity contribution in [2.75, 3.05) is 20.3 Å². The lowest BCUT2D eigenvalue weighted by Crippen LogP contribution is -2.39. The van der Waals surface area contributed by atoms with Crippen molar-refractivity contribution in [1.82, 2.24) is 15.1 Å². The van der Waals surface area contributed by atoms with Gasteiger partial charge in [-0.05, 0) is 37.1 Å². The average molecular weight is 446 g/mol. The number of carbonyl (C=O) groups is 1. The van der Waals surface area contributed by atoms with E-state index in [4.69, 9.17) is 32.7 Å². The molecule has 0 radical (unpaired) electrons. The van der Waals surface area contributed by atoms with Gasteiger partial charge in [0.15, 0.2) is 11.4 Å². The Morgan fingerprint density at radius 3 is 2.50 bits per heavy atom. The number of benzene rings is 2. The van der Waals surface area contributed by atoms with Crippen molar-refractivity contribution in [2.45, 2.75) is 18.9 Å². The van der Waals surface area contributed by atoms with E-state index >= 15 is 0 Å². The predicted molar refractivity (Wildman–Crippen MR) is 117 cm³/mol. The van der Waals surface area contributed by atoms with Crippen LogP contribution in [0.4, 0.5) is 0 Å². The Morgan fingerprint density at radius 1 is 1.13 bits per heavy atom. The minimum atomic E-state index is -0.292. The first kappa shape index (κ1) is 20.7. The molecule has 1 aromatic heterocycles. The number of hydrogen-bond donors (Lipinski definition) is 1. The molecule has 0 spiro atoms. The summed E-state index contributed by atoms with van der Waals surface area (Å²) in [5.74, 6) is 0.0848. The summed E-state index contributed by atoms with van der Waals surface area (Å²) in [7, 11) is 1.53. The van der Waals surface area contributed by atoms with E-state index in [-0.39, 0.29) is 17.6 Å². The maximum absolute atomic E-state index is 13.1. The van der Waals surface area contributed by atoms with Gasteiger partial charge in [0.25, 0.3) is 5.91 Å². The maximum Gasteiger partial charge on any atom is 0.275 e. The number of ether oxygens (including phenoxy) is 2. The van der Waals surface area contributed by atoms with Gasteiger partial charge in [-0.2, -0.15) is 5.10 Å². The van der Waals surface area contributed by atoms with Crippen molar-refractivity contribution in [3.05, 3.63) is 64.3 Å². The fourth-order valence-corrected chi connectivity index (χ4v) is 3.84. The van der Waals surface area contributed by atoms with Gasteiger partial charge in [0, 0.05) is 29.8 Å². The summed E-state index contributed by atoms with van der Waals surface area (Å²) in [6, 6.07) is 14.6. The Hall–Kier alpha value is -2.54. The Bertz CT molecular complexity index is 1040. The summed E-state index contributed by atoms with van der Waals surface area (Å²) in [6.07, 6.45) is 1.53. The Balaban J connectivity index is 1.83. The zero-order valence-corrected chi connectivity index (χ0v) is 17.9. The Morgan fingerprint density at radius 2 is 1.83 bits per heavy atom. The second-order valence-corrected chi connectivity index (χ2v) is 7.80. The van der Waals surface area contributed by atoms with Gasteiger partial charge in [-0.15, -0.1) is 0 Å². The van der Waals surface area contributed by atoms with Crippen molar-refractivity contribution in [3.63, 3.8) is 0 Å². The van der Waals surface area contributed by atoms with E-state index in [2.05, 4.69) is 10.4 Å². The molecule has 1 saturated heterocycles. The molecule has 0 aliphatic carbocycles. The highest BCUT2D eigenvalue weighted by Gasteiger charge is 2.28. The van der Waals surface area contributed by atoms with E-state index in [1.165, 1.54) is 7.11 Å². The van der Waals surface area contributed by atoms with Crippen LogP contribution in [0.25, 0.3) is 16.9 Å². The van der Waals surface area contributed by atoms with Gasteiger partial charge in [0.05, 0.1) is 17.8 Å². The zero-order chi connectivity index (χ0) is 21.1. The summed E-state index contributed by atoms with van der Waals surface area (Å²) in [5.41, 5.74) is 2.27. The fraction of sp³-hybridized carbons (Fsp3) is 0.273. The van der Waals surface area contributed by atoms with Gasteiger partial charge in [-0.1, -0.05) is 47.5 Å². The topological polar surface area (TPSA) is 65.4 Å². The Kier molecular flexibility index (Phi) is 6.27. The van der Waals surface area contributed by atoms with Crippen LogP contribution in [0.5, 0.6) is 5.75 Å². The van der Waals surface area contributed by atoms with Crippen molar-refractivity contribution in [1.29, 1.82) is 0 Å². The van der Waals surface area contributed by atoms with Crippen LogP contribution in [0.15, 0.2) is 48.5 Å². The first-order valence-electron chi connectivity index (χ1n) is 9.65. The number of para-hydroxylation sites is 1. The largest absolute Gasteiger partial charge is 0.492 e. The summed E-state index contributed by atoms with van der Waals surface area (Å²) in [5, 5.41) is 8.77. The third-order valence-electron chi connectivity index (χ3n) is 5.02. The molecule has 0 bridgehead atoms. The molecule has 6 nitrogen and oxygen atoms in total. The lowest BCUT2D eigenvalue weighted by atomic mass is 10.1. The molecule has 156 valence electrons. The molecule has 3 aromatic rings. The van der Waals surface area contributed by atoms with Crippen LogP contribution in [0.3, 0.4) is 0 Å². The summed E-state index contributed by atoms with van der Waals surface area (Å²) in [6.45, 7) is 1.26. The molecule has 0 unspecified atom stereocenters. The molecule has 1 fully saturated rings. The smallest absolute Gasteiger partial charge is 0.275 e. The van der Waals surface area contributed by atoms with Crippen LogP contribution in [0.2, 0.25) is 10.0 Å². The molecular formula is C22H21Cl2N3O3. The van der Waals surface area contributed by atoms with Gasteiger partial charge in [-0.3, -0.25) is 4.79 Å². The Labute approximate surface area is 184 Å². The average Bonchev–Trinajstić information content (AvgIpc) is 3.15. The van der Waals surface area contributed by atoms with Gasteiger partial charge in [-0.25, -0.2) is 4.68 Å². The summed E-state index contributed by atoms with van der Waals surface area (Å²) in [4.78, 5) is 13.1. The van der Waals surface area contributed by atoms with Crippen LogP contribution >= 0.6 is 23.2 Å². The van der Waals surface area contributed by atoms with Gasteiger partial charge < -0.3 is 14.8 Å². The summed E-state index contributed by atoms with van der Waals surface area (Å²) < 4.78 is 12.7. The van der Waals surface area contributed by atoms with Crippen molar-refractivity contribution in [2.24, 2.45) is 0 Å². The number of hydrogen-bond acceptors (Lipinski definition) is 4. The molecule has 1 amide bonds. The third kappa shape index (κ3) is 4.17. The second kappa shape index (κ2) is 9.08. The SMILES string of the molecule is COc1c(C(=O)NC2CCOCC2)nn(-c2ccccc2Cl)c1-c1ccc(Cl)cc1. The molecule has 1 aliphatic heterocycles. The van der Waals surface area contributed by atoms with Crippen molar-refractivity contribution < 1.29 is 14.3 Å². The van der Waals surface area contributed by atoms with E-state index in [9.17, 15) is 4.79 Å². The van der Waals surface area contributed by atoms with Crippen LogP contribution in [0, 0.1) is 0 Å². The molecule has 4 rings (SSSR count). The first-order valence-corrected chi connectivity index (χ1v) is 10.4. The lowest BCUT2D eigenvalue weighted by Gasteiger charge is -2.22. The summed E-state index contributed by atoms with van der Waals surface area (Å²) >= 11 is 12.5. The molecule has 2 heterocycles. The molecule has 2 aromatic carbocycles. The number of aromatic nitrogens is 2. The number of halogens is 2. The number of methoxy groups -OCH3 is 1. The van der Waals surface area contributed by atoms with E-state index in [1.807, 2.05) is 30.3 Å². The van der Waals surface area contributed by atoms with E-state index in [0.717, 1.165) is 18.4 Å². The van der Waals surface area contributed by atoms with Gasteiger partial charge in [0.2, 0.25) is 0 Å². The van der Waals surface area contributed by atoms with E-state index in [0.29, 0.717) is 40.4 Å².